The van der Waals surface area contributed by atoms with E-state index in [1.54, 1.807) is 6.08 Å². The van der Waals surface area contributed by atoms with Gasteiger partial charge in [-0.25, -0.2) is 0 Å². The molecule has 47 heavy (non-hydrogen) atoms. The fourth-order valence-electron chi connectivity index (χ4n) is 5.58. The molecule has 0 atom stereocenters. The van der Waals surface area contributed by atoms with E-state index in [-0.39, 0.29) is 0 Å². The summed E-state index contributed by atoms with van der Waals surface area (Å²) < 4.78 is 4.51. The molecule has 0 amide bonds. The number of aromatic nitrogens is 4. The summed E-state index contributed by atoms with van der Waals surface area (Å²) in [6.07, 6.45) is 26.7. The maximum Gasteiger partial charge on any atom is 0.0721 e. The lowest BCUT2D eigenvalue weighted by molar-refractivity contribution is 0.796. The van der Waals surface area contributed by atoms with E-state index in [0.29, 0.717) is 13.1 Å². The second-order valence-corrected chi connectivity index (χ2v) is 10.1. The summed E-state index contributed by atoms with van der Waals surface area (Å²) in [5.74, 6) is 0. The monoisotopic (exact) mass is 628 g/mol. The summed E-state index contributed by atoms with van der Waals surface area (Å²) in [6, 6.07) is 4.13. The molecule has 0 unspecified atom stereocenters. The normalized spacial score (nSPS) is 12.3. The molecular weight excluding hydrogens is 576 g/mol. The Morgan fingerprint density at radius 2 is 1.68 bits per heavy atom. The fourth-order valence-corrected chi connectivity index (χ4v) is 5.58. The van der Waals surface area contributed by atoms with E-state index in [2.05, 4.69) is 120 Å². The minimum Gasteiger partial charge on any atom is -0.336 e. The maximum atomic E-state index is 4.55. The molecule has 6 nitrogen and oxygen atoms in total. The molecule has 4 aromatic heterocycles. The lowest BCUT2D eigenvalue weighted by Gasteiger charge is -2.11. The largest absolute Gasteiger partial charge is 0.336 e. The van der Waals surface area contributed by atoms with Gasteiger partial charge in [0.05, 0.1) is 30.0 Å². The highest BCUT2D eigenvalue weighted by atomic mass is 15.0. The summed E-state index contributed by atoms with van der Waals surface area (Å²) in [5, 5.41) is 5.61. The predicted octanol–water partition coefficient (Wildman–Crippen LogP) is 9.92. The average molecular weight is 629 g/mol. The SMILES string of the molecule is C=C.C=CCN=Cc1c(CC)n(/C(C=C)=C/C=C(C)/C(/C=C\Cn2c(C=C)c(CNC)c3ccncc32)=C/C)c2cnccc12.CC. The van der Waals surface area contributed by atoms with Crippen LogP contribution in [0.2, 0.25) is 0 Å². The maximum absolute atomic E-state index is 4.55. The van der Waals surface area contributed by atoms with Gasteiger partial charge in [-0.15, -0.1) is 19.7 Å². The Bertz CT molecular complexity index is 1800. The Morgan fingerprint density at radius 1 is 1.00 bits per heavy atom. The van der Waals surface area contributed by atoms with Gasteiger partial charge in [-0.2, -0.15) is 0 Å². The van der Waals surface area contributed by atoms with Crippen molar-refractivity contribution in [3.05, 3.63) is 146 Å². The molecule has 0 bridgehead atoms. The quantitative estimate of drug-likeness (QED) is 0.0859. The van der Waals surface area contributed by atoms with E-state index in [1.807, 2.05) is 70.1 Å². The highest BCUT2D eigenvalue weighted by Crippen LogP contribution is 2.30. The van der Waals surface area contributed by atoms with Crippen molar-refractivity contribution in [2.45, 2.75) is 54.1 Å². The van der Waals surface area contributed by atoms with Gasteiger partial charge in [0.15, 0.2) is 0 Å². The van der Waals surface area contributed by atoms with Crippen molar-refractivity contribution in [1.29, 1.82) is 0 Å². The molecule has 4 aromatic rings. The van der Waals surface area contributed by atoms with Crippen LogP contribution in [0.1, 0.15) is 57.1 Å². The number of hydrogen-bond donors (Lipinski definition) is 1. The van der Waals surface area contributed by atoms with E-state index >= 15 is 0 Å². The van der Waals surface area contributed by atoms with E-state index in [4.69, 9.17) is 0 Å². The molecule has 0 fully saturated rings. The van der Waals surface area contributed by atoms with Gasteiger partial charge in [0, 0.05) is 65.1 Å². The molecule has 0 spiro atoms. The first-order valence-electron chi connectivity index (χ1n) is 16.2. The van der Waals surface area contributed by atoms with Crippen LogP contribution in [0.3, 0.4) is 0 Å². The topological polar surface area (TPSA) is 60.0 Å². The number of hydrogen-bond acceptors (Lipinski definition) is 4. The predicted molar refractivity (Wildman–Crippen MR) is 208 cm³/mol. The Labute approximate surface area is 282 Å². The number of nitrogens with zero attached hydrogens (tertiary/aromatic N) is 5. The fraction of sp³-hybridized carbons (Fsp3) is 0.244. The summed E-state index contributed by atoms with van der Waals surface area (Å²) >= 11 is 0. The smallest absolute Gasteiger partial charge is 0.0721 e. The van der Waals surface area contributed by atoms with Gasteiger partial charge in [0.1, 0.15) is 0 Å². The average Bonchev–Trinajstić information content (AvgIpc) is 3.60. The first kappa shape index (κ1) is 38.1. The van der Waals surface area contributed by atoms with Crippen molar-refractivity contribution in [1.82, 2.24) is 24.4 Å². The van der Waals surface area contributed by atoms with E-state index in [0.717, 1.165) is 57.5 Å². The third-order valence-electron chi connectivity index (χ3n) is 7.59. The number of rotatable bonds is 14. The molecule has 0 aliphatic rings. The minimum absolute atomic E-state index is 0.579. The van der Waals surface area contributed by atoms with Crippen LogP contribution in [0.15, 0.2) is 128 Å². The highest BCUT2D eigenvalue weighted by molar-refractivity contribution is 6.02. The molecule has 1 N–H and O–H groups in total. The van der Waals surface area contributed by atoms with Crippen LogP contribution >= 0.6 is 0 Å². The Balaban J connectivity index is 0.00000185. The summed E-state index contributed by atoms with van der Waals surface area (Å²) in [7, 11) is 1.97. The molecule has 4 heterocycles. The summed E-state index contributed by atoms with van der Waals surface area (Å²) in [6.45, 7) is 30.5. The van der Waals surface area contributed by atoms with E-state index < -0.39 is 0 Å². The third kappa shape index (κ3) is 8.81. The van der Waals surface area contributed by atoms with Crippen molar-refractivity contribution < 1.29 is 0 Å². The van der Waals surface area contributed by atoms with E-state index in [9.17, 15) is 0 Å². The second-order valence-electron chi connectivity index (χ2n) is 10.1. The van der Waals surface area contributed by atoms with Gasteiger partial charge in [0.25, 0.3) is 0 Å². The minimum atomic E-state index is 0.579. The first-order valence-corrected chi connectivity index (χ1v) is 16.2. The molecule has 246 valence electrons. The van der Waals surface area contributed by atoms with Gasteiger partial charge in [-0.3, -0.25) is 15.0 Å². The first-order chi connectivity index (χ1) is 23.0. The molecule has 0 saturated heterocycles. The highest BCUT2D eigenvalue weighted by Gasteiger charge is 2.16. The zero-order chi connectivity index (χ0) is 34.8. The molecule has 6 heteroatoms. The van der Waals surface area contributed by atoms with E-state index in [1.165, 1.54) is 16.6 Å². The van der Waals surface area contributed by atoms with Gasteiger partial charge >= 0.3 is 0 Å². The molecular formula is C41H52N6. The summed E-state index contributed by atoms with van der Waals surface area (Å²) in [4.78, 5) is 13.4. The second kappa shape index (κ2) is 20.1. The molecule has 0 radical (unpaired) electrons. The van der Waals surface area contributed by atoms with Gasteiger partial charge in [-0.1, -0.05) is 64.3 Å². The van der Waals surface area contributed by atoms with Crippen LogP contribution in [0.25, 0.3) is 33.6 Å². The third-order valence-corrected chi connectivity index (χ3v) is 7.59. The zero-order valence-electron chi connectivity index (χ0n) is 29.3. The van der Waals surface area contributed by atoms with Crippen molar-refractivity contribution >= 4 is 39.8 Å². The number of aliphatic imine (C=N–C) groups is 1. The van der Waals surface area contributed by atoms with Crippen LogP contribution in [0.5, 0.6) is 0 Å². The molecule has 0 aliphatic heterocycles. The lowest BCUT2D eigenvalue weighted by atomic mass is 10.1. The van der Waals surface area contributed by atoms with Gasteiger partial charge in [0.2, 0.25) is 0 Å². The van der Waals surface area contributed by atoms with Crippen LogP contribution in [-0.4, -0.2) is 38.9 Å². The van der Waals surface area contributed by atoms with Crippen molar-refractivity contribution in [2.75, 3.05) is 13.6 Å². The molecule has 0 saturated carbocycles. The standard InChI is InChI=1S/C37H42N6.C2H6.C2H4/c1-8-19-39-24-33-31-18-21-41-26-37(31)43(35(33)12-5)29(10-3)16-15-27(6)28(9-2)14-13-22-42-34(11-4)32(23-38-7)30-17-20-40-25-36(30)42;2*1-2/h8-11,13-18,20-21,24-26,38H,1,3-4,12,19,22-23H2,2,5-7H3;1-2H3;1-2H2/b14-13-,27-15+,28-9+,29-16+,39-24?;;. The molecule has 0 aliphatic carbocycles. The number of fused-ring (bicyclic) bond motifs is 2. The van der Waals surface area contributed by atoms with Gasteiger partial charge < -0.3 is 14.5 Å². The van der Waals surface area contributed by atoms with Crippen LogP contribution in [0.4, 0.5) is 0 Å². The van der Waals surface area contributed by atoms with Crippen LogP contribution < -0.4 is 5.32 Å². The Kier molecular flexibility index (Phi) is 16.3. The van der Waals surface area contributed by atoms with Crippen LogP contribution in [-0.2, 0) is 19.5 Å². The van der Waals surface area contributed by atoms with Gasteiger partial charge in [-0.05, 0) is 74.4 Å². The number of pyridine rings is 2. The van der Waals surface area contributed by atoms with Crippen LogP contribution in [0, 0.1) is 0 Å². The van der Waals surface area contributed by atoms with Crippen molar-refractivity contribution in [3.8, 4) is 0 Å². The Morgan fingerprint density at radius 3 is 2.28 bits per heavy atom. The molecule has 4 rings (SSSR count). The lowest BCUT2D eigenvalue weighted by Crippen LogP contribution is -2.07. The zero-order valence-corrected chi connectivity index (χ0v) is 29.3. The Hall–Kier alpha value is -5.07. The number of allylic oxidation sites excluding steroid dienone is 9. The van der Waals surface area contributed by atoms with Crippen molar-refractivity contribution in [2.24, 2.45) is 4.99 Å². The number of nitrogens with one attached hydrogen (secondary N) is 1. The van der Waals surface area contributed by atoms with Crippen molar-refractivity contribution in [3.63, 3.8) is 0 Å². The molecule has 0 aromatic carbocycles. The summed E-state index contributed by atoms with van der Waals surface area (Å²) in [5.41, 5.74) is 10.1.